The Kier molecular flexibility index (Phi) is 6.73. The van der Waals surface area contributed by atoms with Crippen LogP contribution in [0.5, 0.6) is 0 Å². The Balaban J connectivity index is 1.20. The Labute approximate surface area is 185 Å². The number of carbonyl (C=O) groups excluding carboxylic acids is 2. The molecule has 1 aromatic heterocycles. The van der Waals surface area contributed by atoms with Crippen molar-refractivity contribution in [1.82, 2.24) is 20.0 Å². The summed E-state index contributed by atoms with van der Waals surface area (Å²) in [5.74, 6) is 1.59. The quantitative estimate of drug-likeness (QED) is 0.710. The minimum absolute atomic E-state index is 0.0899. The Morgan fingerprint density at radius 2 is 1.71 bits per heavy atom. The van der Waals surface area contributed by atoms with Crippen molar-refractivity contribution >= 4 is 11.8 Å². The number of nitrogens with one attached hydrogen (secondary N) is 1. The summed E-state index contributed by atoms with van der Waals surface area (Å²) in [6.45, 7) is 4.38. The van der Waals surface area contributed by atoms with Gasteiger partial charge in [-0.05, 0) is 74.5 Å². The van der Waals surface area contributed by atoms with Crippen molar-refractivity contribution in [2.75, 3.05) is 19.6 Å². The number of carbonyl (C=O) groups is 2. The second kappa shape index (κ2) is 9.67. The van der Waals surface area contributed by atoms with E-state index in [1.165, 1.54) is 24.0 Å². The van der Waals surface area contributed by atoms with E-state index in [2.05, 4.69) is 34.7 Å². The Hall–Kier alpha value is -2.63. The summed E-state index contributed by atoms with van der Waals surface area (Å²) in [5.41, 5.74) is 4.11. The third-order valence-corrected chi connectivity index (χ3v) is 6.60. The average molecular weight is 423 g/mol. The van der Waals surface area contributed by atoms with Crippen LogP contribution >= 0.6 is 0 Å². The molecule has 6 nitrogen and oxygen atoms in total. The van der Waals surface area contributed by atoms with Gasteiger partial charge in [0.1, 0.15) is 5.69 Å². The zero-order valence-corrected chi connectivity index (χ0v) is 18.8. The van der Waals surface area contributed by atoms with Gasteiger partial charge in [0.25, 0.3) is 5.91 Å². The molecule has 1 saturated carbocycles. The molecule has 2 aromatic rings. The maximum atomic E-state index is 12.8. The van der Waals surface area contributed by atoms with E-state index in [1.54, 1.807) is 4.68 Å². The molecule has 1 aliphatic carbocycles. The Bertz CT molecular complexity index is 906. The van der Waals surface area contributed by atoms with Crippen molar-refractivity contribution in [2.45, 2.75) is 51.9 Å². The highest BCUT2D eigenvalue weighted by Gasteiger charge is 2.25. The molecule has 31 heavy (non-hydrogen) atoms. The third-order valence-electron chi connectivity index (χ3n) is 6.60. The molecule has 2 heterocycles. The lowest BCUT2D eigenvalue weighted by Gasteiger charge is -2.32. The van der Waals surface area contributed by atoms with E-state index >= 15 is 0 Å². The molecule has 0 spiro atoms. The summed E-state index contributed by atoms with van der Waals surface area (Å²) in [7, 11) is 1.83. The van der Waals surface area contributed by atoms with Crippen LogP contribution in [0, 0.1) is 18.8 Å². The average Bonchev–Trinajstić information content (AvgIpc) is 3.54. The molecule has 2 amide bonds. The topological polar surface area (TPSA) is 67.2 Å². The normalized spacial score (nSPS) is 17.0. The first-order valence-corrected chi connectivity index (χ1v) is 11.6. The van der Waals surface area contributed by atoms with E-state index in [0.717, 1.165) is 56.9 Å². The van der Waals surface area contributed by atoms with Crippen molar-refractivity contribution in [3.63, 3.8) is 0 Å². The maximum Gasteiger partial charge on any atom is 0.272 e. The largest absolute Gasteiger partial charge is 0.356 e. The predicted octanol–water partition coefficient (Wildman–Crippen LogP) is 3.28. The van der Waals surface area contributed by atoms with Crippen LogP contribution in [-0.4, -0.2) is 46.1 Å². The van der Waals surface area contributed by atoms with Crippen molar-refractivity contribution in [3.05, 3.63) is 52.8 Å². The molecule has 1 aliphatic heterocycles. The van der Waals surface area contributed by atoms with Crippen LogP contribution < -0.4 is 5.32 Å². The highest BCUT2D eigenvalue weighted by Crippen LogP contribution is 2.27. The monoisotopic (exact) mass is 422 g/mol. The van der Waals surface area contributed by atoms with Gasteiger partial charge in [0.05, 0.1) is 5.69 Å². The summed E-state index contributed by atoms with van der Waals surface area (Å²) in [6, 6.07) is 10.6. The fourth-order valence-electron chi connectivity index (χ4n) is 4.41. The van der Waals surface area contributed by atoms with Gasteiger partial charge in [-0.3, -0.25) is 14.3 Å². The molecule has 1 aromatic carbocycles. The van der Waals surface area contributed by atoms with Crippen molar-refractivity contribution in [1.29, 1.82) is 0 Å². The molecule has 0 bridgehead atoms. The number of nitrogens with zero attached hydrogens (tertiary/aromatic N) is 3. The van der Waals surface area contributed by atoms with Crippen molar-refractivity contribution in [2.24, 2.45) is 18.9 Å². The van der Waals surface area contributed by atoms with Crippen LogP contribution in [0.3, 0.4) is 0 Å². The van der Waals surface area contributed by atoms with E-state index in [9.17, 15) is 9.59 Å². The van der Waals surface area contributed by atoms with Crippen LogP contribution in [0.1, 0.15) is 59.4 Å². The lowest BCUT2D eigenvalue weighted by atomic mass is 9.89. The van der Waals surface area contributed by atoms with E-state index in [-0.39, 0.29) is 11.8 Å². The van der Waals surface area contributed by atoms with E-state index < -0.39 is 0 Å². The second-order valence-corrected chi connectivity index (χ2v) is 9.30. The molecule has 166 valence electrons. The summed E-state index contributed by atoms with van der Waals surface area (Å²) in [5, 5.41) is 7.33. The zero-order valence-electron chi connectivity index (χ0n) is 18.8. The number of rotatable bonds is 8. The van der Waals surface area contributed by atoms with Gasteiger partial charge in [0, 0.05) is 33.1 Å². The minimum atomic E-state index is 0.0899. The highest BCUT2D eigenvalue weighted by atomic mass is 16.2. The molecule has 4 rings (SSSR count). The molecule has 1 N–H and O–H groups in total. The predicted molar refractivity (Wildman–Crippen MR) is 121 cm³/mol. The number of aromatic nitrogens is 2. The van der Waals surface area contributed by atoms with Crippen LogP contribution in [0.25, 0.3) is 0 Å². The first kappa shape index (κ1) is 21.6. The Morgan fingerprint density at radius 1 is 1.03 bits per heavy atom. The van der Waals surface area contributed by atoms with Gasteiger partial charge >= 0.3 is 0 Å². The smallest absolute Gasteiger partial charge is 0.272 e. The van der Waals surface area contributed by atoms with E-state index in [1.807, 2.05) is 24.9 Å². The van der Waals surface area contributed by atoms with Crippen LogP contribution in [-0.2, 0) is 24.7 Å². The molecular formula is C25H34N4O2. The van der Waals surface area contributed by atoms with Crippen LogP contribution in [0.15, 0.2) is 30.3 Å². The maximum absolute atomic E-state index is 12.8. The number of likely N-dealkylation sites (tertiary alicyclic amines) is 1. The van der Waals surface area contributed by atoms with Crippen LogP contribution in [0.4, 0.5) is 0 Å². The molecule has 2 aliphatic rings. The number of hydrogen-bond acceptors (Lipinski definition) is 3. The molecule has 1 saturated heterocycles. The number of piperidine rings is 1. The standard InChI is InChI=1S/C25H34N4O2/c1-18-15-23(28(2)27-18)25(31)29-13-11-21(12-14-29)16-20-5-3-19(4-6-20)9-10-24(30)26-17-22-7-8-22/h3-6,15,21-22H,7-14,16-17H2,1-2H3,(H,26,30). The van der Waals surface area contributed by atoms with Crippen molar-refractivity contribution in [3.8, 4) is 0 Å². The number of aryl methyl sites for hydroxylation is 3. The fraction of sp³-hybridized carbons (Fsp3) is 0.560. The van der Waals surface area contributed by atoms with Crippen molar-refractivity contribution < 1.29 is 9.59 Å². The molecule has 0 radical (unpaired) electrons. The summed E-state index contributed by atoms with van der Waals surface area (Å²) in [6.07, 6.45) is 7.01. The van der Waals surface area contributed by atoms with Gasteiger partial charge in [-0.15, -0.1) is 0 Å². The summed E-state index contributed by atoms with van der Waals surface area (Å²) in [4.78, 5) is 26.6. The van der Waals surface area contributed by atoms with Gasteiger partial charge < -0.3 is 10.2 Å². The fourth-order valence-corrected chi connectivity index (χ4v) is 4.41. The molecular weight excluding hydrogens is 388 g/mol. The first-order valence-electron chi connectivity index (χ1n) is 11.6. The summed E-state index contributed by atoms with van der Waals surface area (Å²) < 4.78 is 1.68. The Morgan fingerprint density at radius 3 is 2.32 bits per heavy atom. The van der Waals surface area contributed by atoms with Gasteiger partial charge in [-0.2, -0.15) is 5.10 Å². The minimum Gasteiger partial charge on any atom is -0.356 e. The third kappa shape index (κ3) is 5.96. The SMILES string of the molecule is Cc1cc(C(=O)N2CCC(Cc3ccc(CCC(=O)NCC4CC4)cc3)CC2)n(C)n1. The van der Waals surface area contributed by atoms with Gasteiger partial charge in [0.15, 0.2) is 0 Å². The highest BCUT2D eigenvalue weighted by molar-refractivity contribution is 5.92. The molecule has 6 heteroatoms. The number of amides is 2. The number of benzene rings is 1. The van der Waals surface area contributed by atoms with Crippen LogP contribution in [0.2, 0.25) is 0 Å². The van der Waals surface area contributed by atoms with Gasteiger partial charge in [-0.1, -0.05) is 24.3 Å². The van der Waals surface area contributed by atoms with E-state index in [4.69, 9.17) is 0 Å². The van der Waals surface area contributed by atoms with E-state index in [0.29, 0.717) is 18.0 Å². The zero-order chi connectivity index (χ0) is 21.8. The molecule has 0 unspecified atom stereocenters. The molecule has 0 atom stereocenters. The second-order valence-electron chi connectivity index (χ2n) is 9.30. The van der Waals surface area contributed by atoms with Gasteiger partial charge in [0.2, 0.25) is 5.91 Å². The van der Waals surface area contributed by atoms with Gasteiger partial charge in [-0.25, -0.2) is 0 Å². The summed E-state index contributed by atoms with van der Waals surface area (Å²) >= 11 is 0. The first-order chi connectivity index (χ1) is 15.0. The molecule has 2 fully saturated rings. The number of hydrogen-bond donors (Lipinski definition) is 1. The lowest BCUT2D eigenvalue weighted by Crippen LogP contribution is -2.39. The lowest BCUT2D eigenvalue weighted by molar-refractivity contribution is -0.121.